The second-order valence-electron chi connectivity index (χ2n) is 5.41. The molecular formula is C16H13BrFN3O3S. The predicted octanol–water partition coefficient (Wildman–Crippen LogP) is 2.61. The minimum Gasteiger partial charge on any atom is -0.349 e. The number of carbonyl (C=O) groups excluding carboxylic acids is 1. The van der Waals surface area contributed by atoms with Crippen molar-refractivity contribution in [2.75, 3.05) is 18.9 Å². The van der Waals surface area contributed by atoms with Gasteiger partial charge in [0.1, 0.15) is 10.7 Å². The van der Waals surface area contributed by atoms with Crippen molar-refractivity contribution in [2.45, 2.75) is 4.90 Å². The lowest BCUT2D eigenvalue weighted by molar-refractivity contribution is -0.116. The molecule has 1 amide bonds. The summed E-state index contributed by atoms with van der Waals surface area (Å²) in [6.45, 7) is -0.119. The first kappa shape index (κ1) is 17.6. The number of likely N-dealkylation sites (N-methyl/N-ethyl adjacent to an activating group) is 1. The largest absolute Gasteiger partial charge is 0.349 e. The Morgan fingerprint density at radius 1 is 1.28 bits per heavy atom. The lowest BCUT2D eigenvalue weighted by atomic mass is 10.2. The fraction of sp³-hybridized carbons (Fsp3) is 0.125. The summed E-state index contributed by atoms with van der Waals surface area (Å²) in [6, 6.07) is 10.3. The summed E-state index contributed by atoms with van der Waals surface area (Å²) < 4.78 is 41.4. The van der Waals surface area contributed by atoms with Crippen molar-refractivity contribution in [1.82, 2.24) is 4.90 Å². The topological polar surface area (TPSA) is 78.8 Å². The molecule has 1 aliphatic rings. The highest BCUT2D eigenvalue weighted by atomic mass is 79.9. The van der Waals surface area contributed by atoms with E-state index in [4.69, 9.17) is 0 Å². The number of rotatable bonds is 3. The zero-order valence-corrected chi connectivity index (χ0v) is 15.4. The van der Waals surface area contributed by atoms with E-state index in [9.17, 15) is 17.6 Å². The first-order valence-electron chi connectivity index (χ1n) is 7.18. The van der Waals surface area contributed by atoms with Gasteiger partial charge in [-0.1, -0.05) is 12.1 Å². The molecular weight excluding hydrogens is 413 g/mol. The number of nitrogens with one attached hydrogen (secondary N) is 1. The second kappa shape index (κ2) is 6.57. The van der Waals surface area contributed by atoms with Crippen LogP contribution in [0.15, 0.2) is 56.2 Å². The maximum Gasteiger partial charge on any atom is 0.285 e. The Balaban J connectivity index is 1.77. The molecule has 0 aliphatic carbocycles. The van der Waals surface area contributed by atoms with Crippen molar-refractivity contribution in [3.05, 3.63) is 58.3 Å². The van der Waals surface area contributed by atoms with Crippen LogP contribution in [0.25, 0.3) is 0 Å². The van der Waals surface area contributed by atoms with Gasteiger partial charge in [0.05, 0.1) is 12.2 Å². The van der Waals surface area contributed by atoms with Gasteiger partial charge in [-0.3, -0.25) is 4.79 Å². The molecule has 6 nitrogen and oxygen atoms in total. The van der Waals surface area contributed by atoms with E-state index in [0.717, 1.165) is 0 Å². The number of sulfonamides is 1. The van der Waals surface area contributed by atoms with Crippen LogP contribution < -0.4 is 5.32 Å². The first-order chi connectivity index (χ1) is 11.8. The Kier molecular flexibility index (Phi) is 4.61. The number of nitrogens with zero attached hydrogens (tertiary/aromatic N) is 2. The smallest absolute Gasteiger partial charge is 0.285 e. The lowest BCUT2D eigenvalue weighted by Crippen LogP contribution is -2.34. The van der Waals surface area contributed by atoms with E-state index < -0.39 is 15.8 Å². The van der Waals surface area contributed by atoms with Gasteiger partial charge in [-0.2, -0.15) is 8.42 Å². The van der Waals surface area contributed by atoms with Crippen molar-refractivity contribution in [1.29, 1.82) is 0 Å². The summed E-state index contributed by atoms with van der Waals surface area (Å²) in [4.78, 5) is 13.8. The molecule has 0 saturated carbocycles. The van der Waals surface area contributed by atoms with Gasteiger partial charge >= 0.3 is 0 Å². The number of amides is 1. The van der Waals surface area contributed by atoms with Gasteiger partial charge in [0.25, 0.3) is 10.0 Å². The molecule has 1 N–H and O–H groups in total. The highest BCUT2D eigenvalue weighted by Crippen LogP contribution is 2.27. The molecule has 0 unspecified atom stereocenters. The third-order valence-electron chi connectivity index (χ3n) is 3.56. The number of hydrogen-bond donors (Lipinski definition) is 1. The second-order valence-corrected chi connectivity index (χ2v) is 7.84. The Bertz CT molecular complexity index is 992. The van der Waals surface area contributed by atoms with E-state index in [2.05, 4.69) is 25.6 Å². The van der Waals surface area contributed by atoms with Crippen LogP contribution >= 0.6 is 15.9 Å². The van der Waals surface area contributed by atoms with Gasteiger partial charge in [-0.25, -0.2) is 4.39 Å². The van der Waals surface area contributed by atoms with Crippen LogP contribution in [-0.2, 0) is 14.8 Å². The minimum absolute atomic E-state index is 0.119. The van der Waals surface area contributed by atoms with Gasteiger partial charge in [0.2, 0.25) is 5.91 Å². The number of carbonyl (C=O) groups is 1. The van der Waals surface area contributed by atoms with Crippen LogP contribution in [-0.4, -0.2) is 38.7 Å². The summed E-state index contributed by atoms with van der Waals surface area (Å²) >= 11 is 3.17. The molecule has 0 fully saturated rings. The fourth-order valence-corrected chi connectivity index (χ4v) is 4.14. The molecule has 9 heteroatoms. The zero-order chi connectivity index (χ0) is 18.2. The number of halogens is 2. The number of amidine groups is 1. The fourth-order valence-electron chi connectivity index (χ4n) is 2.43. The van der Waals surface area contributed by atoms with Gasteiger partial charge < -0.3 is 10.2 Å². The monoisotopic (exact) mass is 425 g/mol. The molecule has 0 saturated heterocycles. The van der Waals surface area contributed by atoms with E-state index in [-0.39, 0.29) is 23.2 Å². The van der Waals surface area contributed by atoms with Crippen molar-refractivity contribution in [3.8, 4) is 0 Å². The number of benzene rings is 2. The maximum atomic E-state index is 13.1. The van der Waals surface area contributed by atoms with Crippen molar-refractivity contribution in [3.63, 3.8) is 0 Å². The quantitative estimate of drug-likeness (QED) is 0.819. The number of anilines is 1. The summed E-state index contributed by atoms with van der Waals surface area (Å²) in [5.74, 6) is -0.604. The maximum absolute atomic E-state index is 13.1. The Hall–Kier alpha value is -2.26. The molecule has 0 bridgehead atoms. The molecule has 0 aromatic heterocycles. The molecule has 0 radical (unpaired) electrons. The summed E-state index contributed by atoms with van der Waals surface area (Å²) in [5, 5.41) is 2.64. The van der Waals surface area contributed by atoms with Crippen LogP contribution in [0.5, 0.6) is 0 Å². The lowest BCUT2D eigenvalue weighted by Gasteiger charge is -2.18. The highest BCUT2D eigenvalue weighted by Gasteiger charge is 2.30. The third-order valence-corrected chi connectivity index (χ3v) is 5.54. The SMILES string of the molecule is CN(CC(=O)Nc1ccc(F)cc1Br)C1=NS(=O)(=O)c2ccccc21. The average molecular weight is 426 g/mol. The van der Waals surface area contributed by atoms with E-state index in [0.29, 0.717) is 15.7 Å². The van der Waals surface area contributed by atoms with Crippen molar-refractivity contribution in [2.24, 2.45) is 4.40 Å². The molecule has 25 heavy (non-hydrogen) atoms. The Labute approximate surface area is 152 Å². The summed E-state index contributed by atoms with van der Waals surface area (Å²) in [7, 11) is -2.16. The van der Waals surface area contributed by atoms with Gasteiger partial charge in [-0.15, -0.1) is 4.40 Å². The zero-order valence-electron chi connectivity index (χ0n) is 13.0. The van der Waals surface area contributed by atoms with Gasteiger partial charge in [-0.05, 0) is 46.3 Å². The molecule has 3 rings (SSSR count). The molecule has 2 aromatic rings. The molecule has 130 valence electrons. The normalized spacial score (nSPS) is 14.6. The standard InChI is InChI=1S/C16H13BrFN3O3S/c1-21(9-15(22)19-13-7-6-10(18)8-12(13)17)16-11-4-2-3-5-14(11)25(23,24)20-16/h2-8H,9H2,1H3,(H,19,22). The van der Waals surface area contributed by atoms with Crippen LogP contribution in [0.1, 0.15) is 5.56 Å². The summed E-state index contributed by atoms with van der Waals surface area (Å²) in [6.07, 6.45) is 0. The van der Waals surface area contributed by atoms with E-state index >= 15 is 0 Å². The minimum atomic E-state index is -3.74. The first-order valence-corrected chi connectivity index (χ1v) is 9.41. The average Bonchev–Trinajstić information content (AvgIpc) is 2.82. The van der Waals surface area contributed by atoms with Crippen LogP contribution in [0.4, 0.5) is 10.1 Å². The molecule has 0 atom stereocenters. The molecule has 2 aromatic carbocycles. The van der Waals surface area contributed by atoms with E-state index in [1.807, 2.05) is 0 Å². The van der Waals surface area contributed by atoms with Crippen LogP contribution in [0, 0.1) is 5.82 Å². The Morgan fingerprint density at radius 2 is 2.00 bits per heavy atom. The van der Waals surface area contributed by atoms with E-state index in [1.165, 1.54) is 29.2 Å². The van der Waals surface area contributed by atoms with Crippen LogP contribution in [0.3, 0.4) is 0 Å². The molecule has 0 spiro atoms. The molecule has 1 aliphatic heterocycles. The summed E-state index contributed by atoms with van der Waals surface area (Å²) in [5.41, 5.74) is 0.877. The Morgan fingerprint density at radius 3 is 2.72 bits per heavy atom. The van der Waals surface area contributed by atoms with Crippen LogP contribution in [0.2, 0.25) is 0 Å². The number of hydrogen-bond acceptors (Lipinski definition) is 4. The van der Waals surface area contributed by atoms with Crippen molar-refractivity contribution < 1.29 is 17.6 Å². The third kappa shape index (κ3) is 3.57. The predicted molar refractivity (Wildman–Crippen MR) is 95.5 cm³/mol. The van der Waals surface area contributed by atoms with Gasteiger partial charge in [0, 0.05) is 17.1 Å². The highest BCUT2D eigenvalue weighted by molar-refractivity contribution is 9.10. The molecule has 1 heterocycles. The van der Waals surface area contributed by atoms with E-state index in [1.54, 1.807) is 25.2 Å². The van der Waals surface area contributed by atoms with Crippen molar-refractivity contribution >= 4 is 43.4 Å². The van der Waals surface area contributed by atoms with Gasteiger partial charge in [0.15, 0.2) is 5.84 Å². The number of fused-ring (bicyclic) bond motifs is 1.